The number of hydrogen-bond acceptors (Lipinski definition) is 3. The molecule has 0 atom stereocenters. The number of para-hydroxylation sites is 1. The molecule has 1 saturated heterocycles. The van der Waals surface area contributed by atoms with Crippen LogP contribution < -0.4 is 15.4 Å². The molecule has 3 rings (SSSR count). The molecule has 148 valence electrons. The maximum absolute atomic E-state index is 12.5. The number of amides is 3. The Morgan fingerprint density at radius 2 is 1.82 bits per heavy atom. The average Bonchev–Trinajstić information content (AvgIpc) is 2.73. The minimum Gasteiger partial charge on any atom is -0.494 e. The first kappa shape index (κ1) is 19.7. The number of carbonyl (C=O) groups is 2. The Morgan fingerprint density at radius 1 is 1.07 bits per heavy atom. The normalized spacial score (nSPS) is 14.4. The molecule has 1 fully saturated rings. The summed E-state index contributed by atoms with van der Waals surface area (Å²) >= 11 is 0. The van der Waals surface area contributed by atoms with Crippen LogP contribution in [0.2, 0.25) is 0 Å². The van der Waals surface area contributed by atoms with Crippen molar-refractivity contribution in [3.8, 4) is 5.75 Å². The number of nitrogens with one attached hydrogen (secondary N) is 2. The lowest BCUT2D eigenvalue weighted by Gasteiger charge is -2.32. The van der Waals surface area contributed by atoms with Crippen LogP contribution in [0, 0.1) is 0 Å². The van der Waals surface area contributed by atoms with Crippen LogP contribution in [0.4, 0.5) is 10.5 Å². The number of rotatable bonds is 6. The summed E-state index contributed by atoms with van der Waals surface area (Å²) in [5, 5.41) is 5.98. The fourth-order valence-electron chi connectivity index (χ4n) is 3.17. The number of hydrogen-bond donors (Lipinski definition) is 2. The summed E-state index contributed by atoms with van der Waals surface area (Å²) in [4.78, 5) is 26.7. The quantitative estimate of drug-likeness (QED) is 0.797. The van der Waals surface area contributed by atoms with Crippen molar-refractivity contribution >= 4 is 17.6 Å². The van der Waals surface area contributed by atoms with E-state index in [-0.39, 0.29) is 18.0 Å². The summed E-state index contributed by atoms with van der Waals surface area (Å²) < 4.78 is 5.59. The van der Waals surface area contributed by atoms with Gasteiger partial charge >= 0.3 is 6.03 Å². The lowest BCUT2D eigenvalue weighted by molar-refractivity contribution is 0.0918. The molecule has 2 N–H and O–H groups in total. The third-order valence-electron chi connectivity index (χ3n) is 4.71. The second-order valence-corrected chi connectivity index (χ2v) is 6.91. The van der Waals surface area contributed by atoms with E-state index in [9.17, 15) is 9.59 Å². The van der Waals surface area contributed by atoms with Crippen molar-refractivity contribution in [3.05, 3.63) is 60.2 Å². The molecule has 0 aromatic heterocycles. The molecule has 1 aliphatic heterocycles. The summed E-state index contributed by atoms with van der Waals surface area (Å²) in [6.07, 6.45) is 2.40. The summed E-state index contributed by atoms with van der Waals surface area (Å²) in [5.41, 5.74) is 1.38. The van der Waals surface area contributed by atoms with E-state index in [4.69, 9.17) is 4.74 Å². The smallest absolute Gasteiger partial charge is 0.321 e. The molecule has 0 saturated carbocycles. The van der Waals surface area contributed by atoms with Gasteiger partial charge in [0.05, 0.1) is 6.61 Å². The zero-order valence-corrected chi connectivity index (χ0v) is 16.2. The molecule has 1 aliphatic rings. The number of anilines is 1. The van der Waals surface area contributed by atoms with Gasteiger partial charge in [-0.15, -0.1) is 0 Å². The van der Waals surface area contributed by atoms with E-state index >= 15 is 0 Å². The lowest BCUT2D eigenvalue weighted by Crippen LogP contribution is -2.47. The fraction of sp³-hybridized carbons (Fsp3) is 0.364. The Balaban J connectivity index is 1.47. The van der Waals surface area contributed by atoms with Crippen molar-refractivity contribution in [3.63, 3.8) is 0 Å². The maximum atomic E-state index is 12.5. The second kappa shape index (κ2) is 9.78. The summed E-state index contributed by atoms with van der Waals surface area (Å²) in [7, 11) is 0. The largest absolute Gasteiger partial charge is 0.494 e. The van der Waals surface area contributed by atoms with Crippen molar-refractivity contribution in [2.45, 2.75) is 32.2 Å². The predicted molar refractivity (Wildman–Crippen MR) is 110 cm³/mol. The van der Waals surface area contributed by atoms with Gasteiger partial charge in [0.1, 0.15) is 5.75 Å². The molecule has 0 unspecified atom stereocenters. The van der Waals surface area contributed by atoms with Gasteiger partial charge in [0.25, 0.3) is 5.91 Å². The minimum absolute atomic E-state index is 0.0634. The van der Waals surface area contributed by atoms with Gasteiger partial charge in [0, 0.05) is 30.4 Å². The molecular weight excluding hydrogens is 354 g/mol. The van der Waals surface area contributed by atoms with Crippen molar-refractivity contribution in [2.24, 2.45) is 0 Å². The van der Waals surface area contributed by atoms with E-state index in [1.165, 1.54) is 0 Å². The number of ether oxygens (including phenoxy) is 1. The Labute approximate surface area is 165 Å². The van der Waals surface area contributed by atoms with Gasteiger partial charge in [-0.25, -0.2) is 4.79 Å². The van der Waals surface area contributed by atoms with Crippen LogP contribution in [0.3, 0.4) is 0 Å². The second-order valence-electron chi connectivity index (χ2n) is 6.91. The van der Waals surface area contributed by atoms with E-state index in [1.54, 1.807) is 17.0 Å². The zero-order valence-electron chi connectivity index (χ0n) is 16.2. The highest BCUT2D eigenvalue weighted by Crippen LogP contribution is 2.16. The number of carbonyl (C=O) groups excluding carboxylic acids is 2. The lowest BCUT2D eigenvalue weighted by atomic mass is 10.0. The monoisotopic (exact) mass is 381 g/mol. The van der Waals surface area contributed by atoms with Crippen molar-refractivity contribution in [1.29, 1.82) is 0 Å². The molecule has 0 aliphatic carbocycles. The first-order valence-electron chi connectivity index (χ1n) is 9.80. The Kier molecular flexibility index (Phi) is 6.89. The molecule has 2 aromatic carbocycles. The first-order valence-corrected chi connectivity index (χ1v) is 9.80. The fourth-order valence-corrected chi connectivity index (χ4v) is 3.17. The van der Waals surface area contributed by atoms with Crippen LogP contribution in [0.1, 0.15) is 36.5 Å². The highest BCUT2D eigenvalue weighted by atomic mass is 16.5. The van der Waals surface area contributed by atoms with E-state index < -0.39 is 0 Å². The third kappa shape index (κ3) is 5.49. The van der Waals surface area contributed by atoms with Gasteiger partial charge in [-0.05, 0) is 49.6 Å². The van der Waals surface area contributed by atoms with Gasteiger partial charge in [0.15, 0.2) is 0 Å². The molecule has 0 bridgehead atoms. The molecule has 1 heterocycles. The number of nitrogens with zero attached hydrogens (tertiary/aromatic N) is 1. The van der Waals surface area contributed by atoms with Crippen LogP contribution in [-0.4, -0.2) is 42.6 Å². The van der Waals surface area contributed by atoms with Gasteiger partial charge in [0.2, 0.25) is 0 Å². The van der Waals surface area contributed by atoms with E-state index in [0.717, 1.165) is 24.9 Å². The molecule has 3 amide bonds. The summed E-state index contributed by atoms with van der Waals surface area (Å²) in [6, 6.07) is 16.6. The van der Waals surface area contributed by atoms with Crippen molar-refractivity contribution in [2.75, 3.05) is 25.0 Å². The van der Waals surface area contributed by atoms with Crippen molar-refractivity contribution in [1.82, 2.24) is 10.2 Å². The van der Waals surface area contributed by atoms with Crippen LogP contribution in [0.25, 0.3) is 0 Å². The number of likely N-dealkylation sites (tertiary alicyclic amines) is 1. The molecule has 0 spiro atoms. The van der Waals surface area contributed by atoms with E-state index in [0.29, 0.717) is 31.0 Å². The SMILES string of the molecule is CCCOc1cccc(C(=O)NC2CCN(C(=O)Nc3ccccc3)CC2)c1. The van der Waals surface area contributed by atoms with Gasteiger partial charge in [-0.3, -0.25) is 4.79 Å². The number of benzene rings is 2. The van der Waals surface area contributed by atoms with Crippen LogP contribution in [0.5, 0.6) is 5.75 Å². The standard InChI is InChI=1S/C22H27N3O3/c1-2-15-28-20-10-6-7-17(16-20)21(26)23-19-11-13-25(14-12-19)22(27)24-18-8-4-3-5-9-18/h3-10,16,19H,2,11-15H2,1H3,(H,23,26)(H,24,27). The Morgan fingerprint density at radius 3 is 2.54 bits per heavy atom. The van der Waals surface area contributed by atoms with Crippen LogP contribution in [-0.2, 0) is 0 Å². The molecular formula is C22H27N3O3. The molecule has 6 nitrogen and oxygen atoms in total. The third-order valence-corrected chi connectivity index (χ3v) is 4.71. The van der Waals surface area contributed by atoms with Gasteiger partial charge < -0.3 is 20.3 Å². The highest BCUT2D eigenvalue weighted by Gasteiger charge is 2.24. The average molecular weight is 381 g/mol. The first-order chi connectivity index (χ1) is 13.7. The van der Waals surface area contributed by atoms with Crippen molar-refractivity contribution < 1.29 is 14.3 Å². The number of piperidine rings is 1. The van der Waals surface area contributed by atoms with Crippen LogP contribution >= 0.6 is 0 Å². The Bertz CT molecular complexity index is 787. The predicted octanol–water partition coefficient (Wildman–Crippen LogP) is 3.90. The number of urea groups is 1. The van der Waals surface area contributed by atoms with Gasteiger partial charge in [-0.1, -0.05) is 31.2 Å². The van der Waals surface area contributed by atoms with E-state index in [2.05, 4.69) is 10.6 Å². The molecule has 2 aromatic rings. The maximum Gasteiger partial charge on any atom is 0.321 e. The van der Waals surface area contributed by atoms with E-state index in [1.807, 2.05) is 49.4 Å². The topological polar surface area (TPSA) is 70.7 Å². The Hall–Kier alpha value is -3.02. The molecule has 28 heavy (non-hydrogen) atoms. The minimum atomic E-state index is -0.103. The molecule has 0 radical (unpaired) electrons. The zero-order chi connectivity index (χ0) is 19.8. The summed E-state index contributed by atoms with van der Waals surface area (Å²) in [6.45, 7) is 3.91. The highest BCUT2D eigenvalue weighted by molar-refractivity contribution is 5.94. The summed E-state index contributed by atoms with van der Waals surface area (Å²) in [5.74, 6) is 0.607. The van der Waals surface area contributed by atoms with Gasteiger partial charge in [-0.2, -0.15) is 0 Å². The van der Waals surface area contributed by atoms with Crippen LogP contribution in [0.15, 0.2) is 54.6 Å². The molecule has 6 heteroatoms.